The molecule has 0 N–H and O–H groups in total. The van der Waals surface area contributed by atoms with Gasteiger partial charge in [0.2, 0.25) is 0 Å². The summed E-state index contributed by atoms with van der Waals surface area (Å²) < 4.78 is 20.1. The van der Waals surface area contributed by atoms with Gasteiger partial charge in [0.25, 0.3) is 0 Å². The lowest BCUT2D eigenvalue weighted by Gasteiger charge is -2.08. The fraction of sp³-hybridized carbons (Fsp3) is 0.385. The monoisotopic (exact) mass is 283 g/mol. The molecule has 0 saturated heterocycles. The number of ether oxygens (including phenoxy) is 1. The van der Waals surface area contributed by atoms with Crippen LogP contribution in [-0.2, 0) is 23.6 Å². The molecule has 0 aliphatic rings. The van der Waals surface area contributed by atoms with Crippen molar-refractivity contribution in [2.75, 3.05) is 13.7 Å². The molecule has 1 aromatic heterocycles. The third-order valence-corrected chi connectivity index (χ3v) is 3.03. The molecule has 0 aliphatic carbocycles. The van der Waals surface area contributed by atoms with E-state index in [1.54, 1.807) is 13.2 Å². The van der Waals surface area contributed by atoms with Crippen molar-refractivity contribution in [1.82, 2.24) is 14.8 Å². The second kappa shape index (κ2) is 6.63. The first-order valence-electron chi connectivity index (χ1n) is 5.95. The average molecular weight is 284 g/mol. The largest absolute Gasteiger partial charge is 0.383 e. The zero-order valence-corrected chi connectivity index (χ0v) is 11.4. The predicted octanol–water partition coefficient (Wildman–Crippen LogP) is 2.39. The van der Waals surface area contributed by atoms with Crippen LogP contribution in [0.5, 0.6) is 0 Å². The van der Waals surface area contributed by atoms with Gasteiger partial charge < -0.3 is 9.30 Å². The van der Waals surface area contributed by atoms with Crippen LogP contribution in [0.15, 0.2) is 24.3 Å². The minimum absolute atomic E-state index is 0.252. The van der Waals surface area contributed by atoms with Crippen LogP contribution < -0.4 is 0 Å². The number of benzene rings is 1. The summed E-state index contributed by atoms with van der Waals surface area (Å²) in [6.45, 7) is 1.19. The van der Waals surface area contributed by atoms with Crippen molar-refractivity contribution in [2.45, 2.75) is 18.8 Å². The highest BCUT2D eigenvalue weighted by atomic mass is 35.5. The predicted molar refractivity (Wildman–Crippen MR) is 70.7 cm³/mol. The molecule has 102 valence electrons. The summed E-state index contributed by atoms with van der Waals surface area (Å²) in [6.07, 6.45) is 0.519. The van der Waals surface area contributed by atoms with Gasteiger partial charge in [-0.3, -0.25) is 0 Å². The molecular weight excluding hydrogens is 269 g/mol. The zero-order valence-electron chi connectivity index (χ0n) is 10.6. The Kier molecular flexibility index (Phi) is 4.87. The summed E-state index contributed by atoms with van der Waals surface area (Å²) in [7, 11) is 1.64. The molecule has 0 spiro atoms. The smallest absolute Gasteiger partial charge is 0.148 e. The Morgan fingerprint density at radius 2 is 2.11 bits per heavy atom. The first-order valence-corrected chi connectivity index (χ1v) is 6.48. The molecule has 0 amide bonds. The number of nitrogens with zero attached hydrogens (tertiary/aromatic N) is 3. The van der Waals surface area contributed by atoms with Gasteiger partial charge in [-0.1, -0.05) is 12.1 Å². The summed E-state index contributed by atoms with van der Waals surface area (Å²) in [6, 6.07) is 6.46. The van der Waals surface area contributed by atoms with Gasteiger partial charge in [0.15, 0.2) is 0 Å². The van der Waals surface area contributed by atoms with E-state index in [1.807, 2.05) is 10.6 Å². The average Bonchev–Trinajstić information content (AvgIpc) is 2.78. The van der Waals surface area contributed by atoms with Crippen molar-refractivity contribution < 1.29 is 9.13 Å². The van der Waals surface area contributed by atoms with Crippen molar-refractivity contribution in [3.05, 3.63) is 47.3 Å². The van der Waals surface area contributed by atoms with E-state index >= 15 is 0 Å². The highest BCUT2D eigenvalue weighted by molar-refractivity contribution is 6.16. The van der Waals surface area contributed by atoms with Crippen LogP contribution in [0.25, 0.3) is 0 Å². The lowest BCUT2D eigenvalue weighted by Crippen LogP contribution is -2.11. The molecule has 0 bridgehead atoms. The number of aromatic nitrogens is 3. The van der Waals surface area contributed by atoms with E-state index in [1.165, 1.54) is 12.1 Å². The molecule has 2 aromatic rings. The van der Waals surface area contributed by atoms with Crippen LogP contribution in [0.4, 0.5) is 4.39 Å². The van der Waals surface area contributed by atoms with E-state index in [0.717, 1.165) is 11.4 Å². The van der Waals surface area contributed by atoms with Gasteiger partial charge in [-0.05, 0) is 17.7 Å². The van der Waals surface area contributed by atoms with Crippen molar-refractivity contribution in [2.24, 2.45) is 0 Å². The normalized spacial score (nSPS) is 10.9. The summed E-state index contributed by atoms with van der Waals surface area (Å²) >= 11 is 5.83. The lowest BCUT2D eigenvalue weighted by atomic mass is 10.1. The van der Waals surface area contributed by atoms with E-state index in [-0.39, 0.29) is 5.82 Å². The second-order valence-electron chi connectivity index (χ2n) is 4.12. The SMILES string of the molecule is COCCn1c(CCl)nnc1Cc1cccc(F)c1. The number of hydrogen-bond acceptors (Lipinski definition) is 3. The van der Waals surface area contributed by atoms with Gasteiger partial charge in [0.05, 0.1) is 12.5 Å². The third-order valence-electron chi connectivity index (χ3n) is 2.79. The molecule has 4 nitrogen and oxygen atoms in total. The zero-order chi connectivity index (χ0) is 13.7. The van der Waals surface area contributed by atoms with Crippen LogP contribution >= 0.6 is 11.6 Å². The molecule has 6 heteroatoms. The van der Waals surface area contributed by atoms with Gasteiger partial charge in [-0.15, -0.1) is 21.8 Å². The standard InChI is InChI=1S/C13H15ClFN3O/c1-19-6-5-18-12(16-17-13(18)9-14)8-10-3-2-4-11(15)7-10/h2-4,7H,5-6,8-9H2,1H3. The molecule has 0 aliphatic heterocycles. The Bertz CT molecular complexity index is 544. The number of hydrogen-bond donors (Lipinski definition) is 0. The Labute approximate surface area is 116 Å². The molecular formula is C13H15ClFN3O. The summed E-state index contributed by atoms with van der Waals surface area (Å²) in [5.41, 5.74) is 0.854. The Balaban J connectivity index is 2.21. The van der Waals surface area contributed by atoms with Crippen molar-refractivity contribution in [1.29, 1.82) is 0 Å². The van der Waals surface area contributed by atoms with Crippen molar-refractivity contribution >= 4 is 11.6 Å². The minimum Gasteiger partial charge on any atom is -0.383 e. The highest BCUT2D eigenvalue weighted by Gasteiger charge is 2.11. The first-order chi connectivity index (χ1) is 9.24. The van der Waals surface area contributed by atoms with Crippen LogP contribution in [0.3, 0.4) is 0 Å². The minimum atomic E-state index is -0.252. The number of rotatable bonds is 6. The quantitative estimate of drug-likeness (QED) is 0.764. The molecule has 0 unspecified atom stereocenters. The molecule has 0 saturated carbocycles. The first kappa shape index (κ1) is 14.0. The Hall–Kier alpha value is -1.46. The maximum atomic E-state index is 13.2. The summed E-state index contributed by atoms with van der Waals surface area (Å²) in [4.78, 5) is 0. The van der Waals surface area contributed by atoms with Crippen LogP contribution in [0.2, 0.25) is 0 Å². The maximum Gasteiger partial charge on any atom is 0.148 e. The third kappa shape index (κ3) is 3.52. The summed E-state index contributed by atoms with van der Waals surface area (Å²) in [5.74, 6) is 1.50. The molecule has 1 heterocycles. The number of methoxy groups -OCH3 is 1. The molecule has 0 fully saturated rings. The van der Waals surface area contributed by atoms with Gasteiger partial charge in [0.1, 0.15) is 17.5 Å². The van der Waals surface area contributed by atoms with E-state index in [4.69, 9.17) is 16.3 Å². The Morgan fingerprint density at radius 1 is 1.32 bits per heavy atom. The topological polar surface area (TPSA) is 39.9 Å². The number of alkyl halides is 1. The van der Waals surface area contributed by atoms with Gasteiger partial charge in [0, 0.05) is 20.1 Å². The second-order valence-corrected chi connectivity index (χ2v) is 4.38. The molecule has 0 atom stereocenters. The number of halogens is 2. The van der Waals surface area contributed by atoms with Crippen LogP contribution in [0.1, 0.15) is 17.2 Å². The van der Waals surface area contributed by atoms with E-state index in [2.05, 4.69) is 10.2 Å². The van der Waals surface area contributed by atoms with Crippen LogP contribution in [-0.4, -0.2) is 28.5 Å². The van der Waals surface area contributed by atoms with Gasteiger partial charge in [-0.25, -0.2) is 4.39 Å². The molecule has 0 radical (unpaired) electrons. The van der Waals surface area contributed by atoms with E-state index < -0.39 is 0 Å². The fourth-order valence-electron chi connectivity index (χ4n) is 1.87. The van der Waals surface area contributed by atoms with Gasteiger partial charge in [-0.2, -0.15) is 0 Å². The molecule has 19 heavy (non-hydrogen) atoms. The van der Waals surface area contributed by atoms with Crippen LogP contribution in [0, 0.1) is 5.82 Å². The van der Waals surface area contributed by atoms with Gasteiger partial charge >= 0.3 is 0 Å². The maximum absolute atomic E-state index is 13.2. The van der Waals surface area contributed by atoms with Crippen molar-refractivity contribution in [3.63, 3.8) is 0 Å². The fourth-order valence-corrected chi connectivity index (χ4v) is 2.07. The lowest BCUT2D eigenvalue weighted by molar-refractivity contribution is 0.185. The molecule has 2 rings (SSSR count). The van der Waals surface area contributed by atoms with E-state index in [9.17, 15) is 4.39 Å². The summed E-state index contributed by atoms with van der Waals surface area (Å²) in [5, 5.41) is 8.15. The van der Waals surface area contributed by atoms with E-state index in [0.29, 0.717) is 31.3 Å². The van der Waals surface area contributed by atoms with Crippen molar-refractivity contribution in [3.8, 4) is 0 Å². The molecule has 1 aromatic carbocycles. The highest BCUT2D eigenvalue weighted by Crippen LogP contribution is 2.12. The Morgan fingerprint density at radius 3 is 2.79 bits per heavy atom.